The summed E-state index contributed by atoms with van der Waals surface area (Å²) in [5.41, 5.74) is 0.485. The van der Waals surface area contributed by atoms with Crippen LogP contribution in [0.5, 0.6) is 0 Å². The molecule has 2 saturated heterocycles. The molecule has 1 aromatic heterocycles. The summed E-state index contributed by atoms with van der Waals surface area (Å²) >= 11 is 1.63. The summed E-state index contributed by atoms with van der Waals surface area (Å²) in [6.45, 7) is 5.10. The number of rotatable bonds is 6. The highest BCUT2D eigenvalue weighted by Crippen LogP contribution is 2.21. The van der Waals surface area contributed by atoms with E-state index < -0.39 is 10.0 Å². The average Bonchev–Trinajstić information content (AvgIpc) is 3.22. The molecule has 0 unspecified atom stereocenters. The van der Waals surface area contributed by atoms with Gasteiger partial charge in [-0.15, -0.1) is 11.3 Å². The first-order chi connectivity index (χ1) is 15.0. The summed E-state index contributed by atoms with van der Waals surface area (Å²) < 4.78 is 32.4. The Kier molecular flexibility index (Phi) is 7.18. The van der Waals surface area contributed by atoms with E-state index in [2.05, 4.69) is 20.1 Å². The molecule has 0 spiro atoms. The van der Waals surface area contributed by atoms with Crippen molar-refractivity contribution in [2.45, 2.75) is 11.3 Å². The Balaban J connectivity index is 1.34. The van der Waals surface area contributed by atoms with Gasteiger partial charge in [0.1, 0.15) is 0 Å². The van der Waals surface area contributed by atoms with Crippen LogP contribution < -0.4 is 10.2 Å². The van der Waals surface area contributed by atoms with Crippen LogP contribution in [0.2, 0.25) is 0 Å². The molecule has 2 aromatic rings. The second kappa shape index (κ2) is 10.0. The Morgan fingerprint density at radius 1 is 1.13 bits per heavy atom. The third-order valence-corrected chi connectivity index (χ3v) is 8.10. The number of hydrogen-bond donors (Lipinski definition) is 1. The highest BCUT2D eigenvalue weighted by molar-refractivity contribution is 7.89. The highest BCUT2D eigenvalue weighted by Gasteiger charge is 2.26. The van der Waals surface area contributed by atoms with Crippen molar-refractivity contribution < 1.29 is 17.9 Å². The van der Waals surface area contributed by atoms with Gasteiger partial charge in [-0.25, -0.2) is 13.4 Å². The molecule has 4 rings (SSSR count). The van der Waals surface area contributed by atoms with E-state index in [-0.39, 0.29) is 17.3 Å². The summed E-state index contributed by atoms with van der Waals surface area (Å²) in [6.07, 6.45) is 2.77. The molecule has 1 N–H and O–H groups in total. The lowest BCUT2D eigenvalue weighted by Gasteiger charge is -2.26. The molecule has 31 heavy (non-hydrogen) atoms. The van der Waals surface area contributed by atoms with Gasteiger partial charge in [0, 0.05) is 56.5 Å². The van der Waals surface area contributed by atoms with Gasteiger partial charge < -0.3 is 15.0 Å². The van der Waals surface area contributed by atoms with E-state index in [9.17, 15) is 13.2 Å². The SMILES string of the molecule is O=C(CN1CCCN(c2nccs2)CC1)Nc1cccc(S(=O)(=O)N2CCOCC2)c1. The second-order valence-corrected chi connectivity index (χ2v) is 10.3. The van der Waals surface area contributed by atoms with Crippen LogP contribution in [-0.4, -0.2) is 87.5 Å². The van der Waals surface area contributed by atoms with Gasteiger partial charge in [0.2, 0.25) is 15.9 Å². The fourth-order valence-corrected chi connectivity index (χ4v) is 5.92. The lowest BCUT2D eigenvalue weighted by molar-refractivity contribution is -0.117. The Morgan fingerprint density at radius 2 is 1.97 bits per heavy atom. The molecule has 2 fully saturated rings. The minimum absolute atomic E-state index is 0.149. The first-order valence-electron chi connectivity index (χ1n) is 10.4. The van der Waals surface area contributed by atoms with Crippen molar-refractivity contribution in [2.75, 3.05) is 69.2 Å². The largest absolute Gasteiger partial charge is 0.379 e. The number of aromatic nitrogens is 1. The van der Waals surface area contributed by atoms with E-state index in [4.69, 9.17) is 4.74 Å². The summed E-state index contributed by atoms with van der Waals surface area (Å²) in [5, 5.41) is 5.84. The predicted octanol–water partition coefficient (Wildman–Crippen LogP) is 1.31. The number of sulfonamides is 1. The van der Waals surface area contributed by atoms with E-state index in [0.29, 0.717) is 32.0 Å². The average molecular weight is 466 g/mol. The van der Waals surface area contributed by atoms with Crippen molar-refractivity contribution in [3.05, 3.63) is 35.8 Å². The van der Waals surface area contributed by atoms with Crippen LogP contribution in [0.25, 0.3) is 0 Å². The van der Waals surface area contributed by atoms with E-state index in [1.54, 1.807) is 29.5 Å². The van der Waals surface area contributed by atoms with Crippen LogP contribution in [-0.2, 0) is 19.6 Å². The maximum absolute atomic E-state index is 12.8. The number of hydrogen-bond acceptors (Lipinski definition) is 8. The number of thiazole rings is 1. The zero-order valence-electron chi connectivity index (χ0n) is 17.3. The van der Waals surface area contributed by atoms with Gasteiger partial charge in [0.15, 0.2) is 5.13 Å². The molecule has 168 valence electrons. The summed E-state index contributed by atoms with van der Waals surface area (Å²) in [5.74, 6) is -0.149. The first kappa shape index (κ1) is 22.2. The molecule has 3 heterocycles. The molecule has 2 aliphatic heterocycles. The molecule has 0 radical (unpaired) electrons. The third-order valence-electron chi connectivity index (χ3n) is 5.37. The standard InChI is InChI=1S/C20H27N5O4S2/c26-19(16-23-6-2-7-24(9-8-23)20-21-5-14-30-20)22-17-3-1-4-18(15-17)31(27,28)25-10-12-29-13-11-25/h1,3-5,14-15H,2,6-13,16H2,(H,22,26). The Labute approximate surface area is 186 Å². The minimum Gasteiger partial charge on any atom is -0.379 e. The number of carbonyl (C=O) groups is 1. The molecule has 0 saturated carbocycles. The van der Waals surface area contributed by atoms with Crippen LogP contribution >= 0.6 is 11.3 Å². The van der Waals surface area contributed by atoms with Crippen molar-refractivity contribution in [3.8, 4) is 0 Å². The Morgan fingerprint density at radius 3 is 2.74 bits per heavy atom. The maximum atomic E-state index is 12.8. The quantitative estimate of drug-likeness (QED) is 0.687. The zero-order valence-corrected chi connectivity index (χ0v) is 18.9. The van der Waals surface area contributed by atoms with Crippen LogP contribution in [0.3, 0.4) is 0 Å². The molecule has 1 aromatic carbocycles. The first-order valence-corrected chi connectivity index (χ1v) is 12.7. The number of anilines is 2. The molecule has 0 aliphatic carbocycles. The van der Waals surface area contributed by atoms with Gasteiger partial charge in [-0.3, -0.25) is 9.69 Å². The van der Waals surface area contributed by atoms with Gasteiger partial charge in [-0.05, 0) is 24.6 Å². The van der Waals surface area contributed by atoms with E-state index in [1.807, 2.05) is 11.6 Å². The summed E-state index contributed by atoms with van der Waals surface area (Å²) in [6, 6.07) is 6.45. The third kappa shape index (κ3) is 5.60. The van der Waals surface area contributed by atoms with E-state index in [1.165, 1.54) is 10.4 Å². The van der Waals surface area contributed by atoms with Crippen molar-refractivity contribution in [1.82, 2.24) is 14.2 Å². The zero-order chi connectivity index (χ0) is 21.7. The van der Waals surface area contributed by atoms with Crippen molar-refractivity contribution >= 4 is 38.1 Å². The van der Waals surface area contributed by atoms with E-state index >= 15 is 0 Å². The fraction of sp³-hybridized carbons (Fsp3) is 0.500. The number of carbonyl (C=O) groups excluding carboxylic acids is 1. The van der Waals surface area contributed by atoms with Crippen LogP contribution in [0.1, 0.15) is 6.42 Å². The number of amides is 1. The molecule has 0 atom stereocenters. The fourth-order valence-electron chi connectivity index (χ4n) is 3.77. The number of ether oxygens (including phenoxy) is 1. The van der Waals surface area contributed by atoms with Gasteiger partial charge >= 0.3 is 0 Å². The summed E-state index contributed by atoms with van der Waals surface area (Å²) in [4.78, 5) is 21.5. The number of nitrogens with zero attached hydrogens (tertiary/aromatic N) is 4. The van der Waals surface area contributed by atoms with Gasteiger partial charge in [0.25, 0.3) is 0 Å². The van der Waals surface area contributed by atoms with Gasteiger partial charge in [0.05, 0.1) is 24.7 Å². The number of benzene rings is 1. The van der Waals surface area contributed by atoms with Crippen molar-refractivity contribution in [1.29, 1.82) is 0 Å². The highest BCUT2D eigenvalue weighted by atomic mass is 32.2. The lowest BCUT2D eigenvalue weighted by atomic mass is 10.3. The molecule has 2 aliphatic rings. The van der Waals surface area contributed by atoms with Gasteiger partial charge in [-0.2, -0.15) is 4.31 Å². The number of nitrogens with one attached hydrogen (secondary N) is 1. The maximum Gasteiger partial charge on any atom is 0.243 e. The second-order valence-electron chi connectivity index (χ2n) is 7.52. The van der Waals surface area contributed by atoms with Crippen molar-refractivity contribution in [2.24, 2.45) is 0 Å². The minimum atomic E-state index is -3.60. The van der Waals surface area contributed by atoms with Crippen LogP contribution in [0.4, 0.5) is 10.8 Å². The van der Waals surface area contributed by atoms with E-state index in [0.717, 1.165) is 37.7 Å². The van der Waals surface area contributed by atoms with Crippen molar-refractivity contribution in [3.63, 3.8) is 0 Å². The molecular formula is C20H27N5O4S2. The topological polar surface area (TPSA) is 95.1 Å². The summed E-state index contributed by atoms with van der Waals surface area (Å²) in [7, 11) is -3.60. The lowest BCUT2D eigenvalue weighted by Crippen LogP contribution is -2.40. The molecule has 9 nitrogen and oxygen atoms in total. The Bertz CT molecular complexity index is 977. The monoisotopic (exact) mass is 465 g/mol. The predicted molar refractivity (Wildman–Crippen MR) is 120 cm³/mol. The molecule has 0 bridgehead atoms. The molecular weight excluding hydrogens is 438 g/mol. The van der Waals surface area contributed by atoms with Gasteiger partial charge in [-0.1, -0.05) is 6.07 Å². The molecule has 1 amide bonds. The molecule has 11 heteroatoms. The normalized spacial score (nSPS) is 19.2. The van der Waals surface area contributed by atoms with Crippen LogP contribution in [0, 0.1) is 0 Å². The Hall–Kier alpha value is -2.05. The smallest absolute Gasteiger partial charge is 0.243 e. The van der Waals surface area contributed by atoms with Crippen LogP contribution in [0.15, 0.2) is 40.7 Å². The number of morpholine rings is 1.